The summed E-state index contributed by atoms with van der Waals surface area (Å²) in [6, 6.07) is 9.69. The first-order valence-electron chi connectivity index (χ1n) is 5.99. The molecule has 98 valence electrons. The second-order valence-corrected chi connectivity index (χ2v) is 5.21. The van der Waals surface area contributed by atoms with Crippen molar-refractivity contribution in [2.24, 2.45) is 0 Å². The van der Waals surface area contributed by atoms with Gasteiger partial charge in [-0.2, -0.15) is 0 Å². The number of benzene rings is 1. The van der Waals surface area contributed by atoms with Crippen LogP contribution in [-0.2, 0) is 20.7 Å². The van der Waals surface area contributed by atoms with Gasteiger partial charge in [0, 0.05) is 6.42 Å². The first kappa shape index (κ1) is 13.1. The smallest absolute Gasteiger partial charge is 0.338 e. The molecule has 1 saturated heterocycles. The fraction of sp³-hybridized carbons (Fsp3) is 0.500. The topological polar surface area (TPSA) is 55.8 Å². The average molecular weight is 250 g/mol. The van der Waals surface area contributed by atoms with Gasteiger partial charge in [0.05, 0.1) is 0 Å². The zero-order chi connectivity index (χ0) is 13.4. The highest BCUT2D eigenvalue weighted by Gasteiger charge is 2.55. The van der Waals surface area contributed by atoms with Crippen LogP contribution in [-0.4, -0.2) is 28.6 Å². The molecule has 1 heterocycles. The van der Waals surface area contributed by atoms with Crippen molar-refractivity contribution in [3.8, 4) is 0 Å². The van der Waals surface area contributed by atoms with E-state index in [9.17, 15) is 9.90 Å². The minimum Gasteiger partial charge on any atom is -0.479 e. The molecule has 4 heteroatoms. The van der Waals surface area contributed by atoms with Gasteiger partial charge in [-0.25, -0.2) is 4.79 Å². The van der Waals surface area contributed by atoms with Gasteiger partial charge in [-0.3, -0.25) is 0 Å². The van der Waals surface area contributed by atoms with Crippen LogP contribution in [0, 0.1) is 0 Å². The van der Waals surface area contributed by atoms with Crippen LogP contribution in [0.1, 0.15) is 26.3 Å². The summed E-state index contributed by atoms with van der Waals surface area (Å²) in [7, 11) is 0. The number of carboxylic acid groups (broad SMARTS) is 1. The minimum atomic E-state index is -1.31. The van der Waals surface area contributed by atoms with Crippen molar-refractivity contribution in [2.45, 2.75) is 44.7 Å². The zero-order valence-corrected chi connectivity index (χ0v) is 10.8. The lowest BCUT2D eigenvalue weighted by atomic mass is 9.93. The second kappa shape index (κ2) is 4.37. The molecule has 1 aliphatic heterocycles. The van der Waals surface area contributed by atoms with Gasteiger partial charge in [0.1, 0.15) is 6.10 Å². The number of hydrogen-bond donors (Lipinski definition) is 1. The molecule has 1 aromatic carbocycles. The number of aliphatic carboxylic acids is 1. The summed E-state index contributed by atoms with van der Waals surface area (Å²) in [5.74, 6) is -1.86. The van der Waals surface area contributed by atoms with Crippen molar-refractivity contribution in [1.29, 1.82) is 0 Å². The Morgan fingerprint density at radius 2 is 1.89 bits per heavy atom. The Morgan fingerprint density at radius 1 is 1.28 bits per heavy atom. The first-order valence-corrected chi connectivity index (χ1v) is 5.99. The molecule has 2 rings (SSSR count). The van der Waals surface area contributed by atoms with Crippen LogP contribution in [0.3, 0.4) is 0 Å². The summed E-state index contributed by atoms with van der Waals surface area (Å²) in [6.07, 6.45) is 0.0278. The third-order valence-electron chi connectivity index (χ3n) is 3.19. The van der Waals surface area contributed by atoms with Crippen LogP contribution in [0.15, 0.2) is 30.3 Å². The molecule has 0 radical (unpaired) electrons. The van der Waals surface area contributed by atoms with Crippen LogP contribution in [0.25, 0.3) is 0 Å². The third-order valence-corrected chi connectivity index (χ3v) is 3.19. The summed E-state index contributed by atoms with van der Waals surface area (Å²) >= 11 is 0. The van der Waals surface area contributed by atoms with Gasteiger partial charge in [-0.05, 0) is 26.3 Å². The molecule has 1 aliphatic rings. The van der Waals surface area contributed by atoms with Gasteiger partial charge < -0.3 is 14.6 Å². The van der Waals surface area contributed by atoms with Crippen LogP contribution in [0.5, 0.6) is 0 Å². The Kier molecular flexibility index (Phi) is 3.17. The van der Waals surface area contributed by atoms with Gasteiger partial charge >= 0.3 is 5.97 Å². The number of rotatable bonds is 3. The number of hydrogen-bond acceptors (Lipinski definition) is 3. The molecule has 0 spiro atoms. The summed E-state index contributed by atoms with van der Waals surface area (Å²) in [5, 5.41) is 9.35. The average Bonchev–Trinajstić information content (AvgIpc) is 2.51. The van der Waals surface area contributed by atoms with Gasteiger partial charge in [0.15, 0.2) is 11.4 Å². The normalized spacial score (nSPS) is 30.3. The van der Waals surface area contributed by atoms with Crippen LogP contribution < -0.4 is 0 Å². The van der Waals surface area contributed by atoms with Gasteiger partial charge in [0.2, 0.25) is 0 Å². The SMILES string of the molecule is CC1(C)OC(Cc2ccccc2)C(C)(C(=O)O)O1. The molecule has 1 fully saturated rings. The van der Waals surface area contributed by atoms with Crippen LogP contribution in [0.2, 0.25) is 0 Å². The van der Waals surface area contributed by atoms with E-state index in [4.69, 9.17) is 9.47 Å². The van der Waals surface area contributed by atoms with Crippen molar-refractivity contribution in [2.75, 3.05) is 0 Å². The Balaban J connectivity index is 2.23. The van der Waals surface area contributed by atoms with Gasteiger partial charge in [-0.1, -0.05) is 30.3 Å². The maximum Gasteiger partial charge on any atom is 0.338 e. The quantitative estimate of drug-likeness (QED) is 0.893. The summed E-state index contributed by atoms with van der Waals surface area (Å²) in [5.41, 5.74) is -0.268. The number of carboxylic acids is 1. The molecule has 0 saturated carbocycles. The monoisotopic (exact) mass is 250 g/mol. The zero-order valence-electron chi connectivity index (χ0n) is 10.8. The van der Waals surface area contributed by atoms with Gasteiger partial charge in [0.25, 0.3) is 0 Å². The van der Waals surface area contributed by atoms with E-state index in [-0.39, 0.29) is 0 Å². The van der Waals surface area contributed by atoms with E-state index in [1.165, 1.54) is 0 Å². The second-order valence-electron chi connectivity index (χ2n) is 5.21. The summed E-state index contributed by atoms with van der Waals surface area (Å²) in [6.45, 7) is 5.04. The van der Waals surface area contributed by atoms with Crippen molar-refractivity contribution in [3.63, 3.8) is 0 Å². The lowest BCUT2D eigenvalue weighted by Gasteiger charge is -2.24. The predicted molar refractivity (Wildman–Crippen MR) is 66.2 cm³/mol. The predicted octanol–water partition coefficient (Wildman–Crippen LogP) is 2.22. The molecule has 0 amide bonds. The Labute approximate surface area is 107 Å². The Hall–Kier alpha value is -1.39. The van der Waals surface area contributed by atoms with Crippen LogP contribution >= 0.6 is 0 Å². The van der Waals surface area contributed by atoms with E-state index in [2.05, 4.69) is 0 Å². The summed E-state index contributed by atoms with van der Waals surface area (Å²) < 4.78 is 11.3. The fourth-order valence-corrected chi connectivity index (χ4v) is 2.30. The maximum absolute atomic E-state index is 11.4. The third kappa shape index (κ3) is 2.40. The molecule has 0 aromatic heterocycles. The van der Waals surface area contributed by atoms with E-state index < -0.39 is 23.5 Å². The maximum atomic E-state index is 11.4. The van der Waals surface area contributed by atoms with Crippen LogP contribution in [0.4, 0.5) is 0 Å². The van der Waals surface area contributed by atoms with E-state index in [1.807, 2.05) is 30.3 Å². The van der Waals surface area contributed by atoms with Crippen molar-refractivity contribution in [3.05, 3.63) is 35.9 Å². The van der Waals surface area contributed by atoms with Crippen molar-refractivity contribution < 1.29 is 19.4 Å². The lowest BCUT2D eigenvalue weighted by Crippen LogP contribution is -2.46. The molecule has 2 unspecified atom stereocenters. The highest BCUT2D eigenvalue weighted by molar-refractivity contribution is 5.78. The number of ether oxygens (including phenoxy) is 2. The van der Waals surface area contributed by atoms with Crippen molar-refractivity contribution in [1.82, 2.24) is 0 Å². The van der Waals surface area contributed by atoms with Gasteiger partial charge in [-0.15, -0.1) is 0 Å². The van der Waals surface area contributed by atoms with E-state index >= 15 is 0 Å². The standard InChI is InChI=1S/C14H18O4/c1-13(2)17-11(14(3,18-13)12(15)16)9-10-7-5-4-6-8-10/h4-8,11H,9H2,1-3H3,(H,15,16). The highest BCUT2D eigenvalue weighted by atomic mass is 16.8. The largest absolute Gasteiger partial charge is 0.479 e. The molecule has 1 N–H and O–H groups in total. The molecule has 0 aliphatic carbocycles. The molecule has 18 heavy (non-hydrogen) atoms. The molecular formula is C14H18O4. The molecule has 4 nitrogen and oxygen atoms in total. The first-order chi connectivity index (χ1) is 8.33. The lowest BCUT2D eigenvalue weighted by molar-refractivity contribution is -0.182. The molecular weight excluding hydrogens is 232 g/mol. The van der Waals surface area contributed by atoms with E-state index in [0.29, 0.717) is 6.42 Å². The van der Waals surface area contributed by atoms with E-state index in [1.54, 1.807) is 20.8 Å². The molecule has 2 atom stereocenters. The Morgan fingerprint density at radius 3 is 2.44 bits per heavy atom. The minimum absolute atomic E-state index is 0.493. The van der Waals surface area contributed by atoms with Crippen molar-refractivity contribution >= 4 is 5.97 Å². The molecule has 1 aromatic rings. The Bertz CT molecular complexity index is 440. The summed E-state index contributed by atoms with van der Waals surface area (Å²) in [4.78, 5) is 11.4. The fourth-order valence-electron chi connectivity index (χ4n) is 2.30. The molecule has 0 bridgehead atoms. The van der Waals surface area contributed by atoms with E-state index in [0.717, 1.165) is 5.56 Å². The number of carbonyl (C=O) groups is 1. The highest BCUT2D eigenvalue weighted by Crippen LogP contribution is 2.38.